The van der Waals surface area contributed by atoms with Crippen molar-refractivity contribution in [3.63, 3.8) is 0 Å². The summed E-state index contributed by atoms with van der Waals surface area (Å²) in [7, 11) is 0. The molecule has 1 aromatic carbocycles. The minimum Gasteiger partial charge on any atom is -0.310 e. The second-order valence-electron chi connectivity index (χ2n) is 7.98. The van der Waals surface area contributed by atoms with Gasteiger partial charge in [-0.15, -0.1) is 0 Å². The van der Waals surface area contributed by atoms with Gasteiger partial charge < -0.3 is 5.32 Å². The third-order valence-corrected chi connectivity index (χ3v) is 5.87. The molecular formula is C24H24N6O. The van der Waals surface area contributed by atoms with Gasteiger partial charge in [0, 0.05) is 42.0 Å². The number of aromatic nitrogens is 4. The van der Waals surface area contributed by atoms with E-state index >= 15 is 0 Å². The number of hydrogen-bond donors (Lipinski definition) is 2. The fourth-order valence-electron chi connectivity index (χ4n) is 4.10. The van der Waals surface area contributed by atoms with Gasteiger partial charge in [-0.1, -0.05) is 18.2 Å². The molecule has 31 heavy (non-hydrogen) atoms. The zero-order valence-corrected chi connectivity index (χ0v) is 17.2. The Morgan fingerprint density at radius 3 is 2.71 bits per heavy atom. The first-order chi connectivity index (χ1) is 15.2. The number of pyridine rings is 2. The van der Waals surface area contributed by atoms with Crippen LogP contribution < -0.4 is 5.32 Å². The molecule has 0 bridgehead atoms. The van der Waals surface area contributed by atoms with Crippen LogP contribution in [0, 0.1) is 5.92 Å². The van der Waals surface area contributed by atoms with Crippen molar-refractivity contribution in [3.05, 3.63) is 72.9 Å². The summed E-state index contributed by atoms with van der Waals surface area (Å²) < 4.78 is 0. The van der Waals surface area contributed by atoms with Gasteiger partial charge in [0.2, 0.25) is 5.91 Å². The zero-order valence-electron chi connectivity index (χ0n) is 17.2. The Kier molecular flexibility index (Phi) is 5.41. The molecule has 1 amide bonds. The Hall–Kier alpha value is -3.58. The highest BCUT2D eigenvalue weighted by Crippen LogP contribution is 2.26. The maximum atomic E-state index is 12.8. The van der Waals surface area contributed by atoms with Gasteiger partial charge in [-0.2, -0.15) is 5.10 Å². The van der Waals surface area contributed by atoms with Gasteiger partial charge in [-0.3, -0.25) is 19.8 Å². The van der Waals surface area contributed by atoms with E-state index in [9.17, 15) is 4.79 Å². The predicted molar refractivity (Wildman–Crippen MR) is 120 cm³/mol. The molecule has 0 aliphatic carbocycles. The molecular weight excluding hydrogens is 388 g/mol. The first-order valence-electron chi connectivity index (χ1n) is 10.6. The second-order valence-corrected chi connectivity index (χ2v) is 7.98. The normalized spacial score (nSPS) is 15.2. The van der Waals surface area contributed by atoms with Crippen LogP contribution in [0.15, 0.2) is 67.3 Å². The van der Waals surface area contributed by atoms with Gasteiger partial charge in [-0.05, 0) is 61.1 Å². The summed E-state index contributed by atoms with van der Waals surface area (Å²) in [5.74, 6) is 0.655. The van der Waals surface area contributed by atoms with Crippen LogP contribution in [0.5, 0.6) is 0 Å². The maximum Gasteiger partial charge on any atom is 0.228 e. The number of benzene rings is 1. The van der Waals surface area contributed by atoms with Crippen LogP contribution >= 0.6 is 0 Å². The van der Waals surface area contributed by atoms with Crippen molar-refractivity contribution in [2.45, 2.75) is 19.4 Å². The Bertz CT molecular complexity index is 1170. The second kappa shape index (κ2) is 8.65. The Morgan fingerprint density at radius 1 is 1.03 bits per heavy atom. The summed E-state index contributed by atoms with van der Waals surface area (Å²) in [6.45, 7) is 2.63. The van der Waals surface area contributed by atoms with Crippen molar-refractivity contribution in [1.82, 2.24) is 25.1 Å². The molecule has 5 rings (SSSR count). The lowest BCUT2D eigenvalue weighted by molar-refractivity contribution is -0.121. The third-order valence-electron chi connectivity index (χ3n) is 5.87. The molecule has 1 saturated heterocycles. The summed E-state index contributed by atoms with van der Waals surface area (Å²) in [5, 5.41) is 11.9. The van der Waals surface area contributed by atoms with Gasteiger partial charge in [0.1, 0.15) is 5.82 Å². The van der Waals surface area contributed by atoms with Crippen molar-refractivity contribution >= 4 is 22.5 Å². The molecule has 7 nitrogen and oxygen atoms in total. The number of nitrogens with one attached hydrogen (secondary N) is 2. The lowest BCUT2D eigenvalue weighted by atomic mass is 9.95. The Morgan fingerprint density at radius 2 is 1.94 bits per heavy atom. The Balaban J connectivity index is 1.22. The minimum atomic E-state index is 0.00902. The number of piperidine rings is 1. The number of hydrogen-bond acceptors (Lipinski definition) is 5. The summed E-state index contributed by atoms with van der Waals surface area (Å²) >= 11 is 0. The molecule has 0 spiro atoms. The molecule has 0 radical (unpaired) electrons. The molecule has 3 aromatic heterocycles. The molecule has 4 aromatic rings. The standard InChI is InChI=1S/C24H24N6O/c31-24(17-6-9-30(10-7-17)16-22-3-1-2-8-25-22)29-23-12-20-11-18(21-14-27-28-15-21)4-5-19(20)13-26-23/h1-5,8,11-15,17H,6-7,9-10,16H2,(H,27,28)(H,26,29,31). The predicted octanol–water partition coefficient (Wildman–Crippen LogP) is 3.87. The molecule has 0 unspecified atom stereocenters. The van der Waals surface area contributed by atoms with Gasteiger partial charge in [-0.25, -0.2) is 4.98 Å². The van der Waals surface area contributed by atoms with Crippen LogP contribution in [0.1, 0.15) is 18.5 Å². The van der Waals surface area contributed by atoms with Crippen LogP contribution in [0.2, 0.25) is 0 Å². The number of carbonyl (C=O) groups is 1. The highest BCUT2D eigenvalue weighted by atomic mass is 16.1. The van der Waals surface area contributed by atoms with E-state index in [-0.39, 0.29) is 11.8 Å². The number of rotatable bonds is 5. The number of nitrogens with zero attached hydrogens (tertiary/aromatic N) is 4. The summed E-state index contributed by atoms with van der Waals surface area (Å²) in [5.41, 5.74) is 3.17. The fraction of sp³-hybridized carbons (Fsp3) is 0.250. The first-order valence-corrected chi connectivity index (χ1v) is 10.6. The van der Waals surface area contributed by atoms with E-state index in [0.29, 0.717) is 5.82 Å². The lowest BCUT2D eigenvalue weighted by Gasteiger charge is -2.30. The number of likely N-dealkylation sites (tertiary alicyclic amines) is 1. The summed E-state index contributed by atoms with van der Waals surface area (Å²) in [6, 6.07) is 14.1. The lowest BCUT2D eigenvalue weighted by Crippen LogP contribution is -2.38. The van der Waals surface area contributed by atoms with E-state index in [1.54, 1.807) is 12.4 Å². The van der Waals surface area contributed by atoms with Crippen molar-refractivity contribution < 1.29 is 4.79 Å². The largest absolute Gasteiger partial charge is 0.310 e. The molecule has 0 atom stereocenters. The molecule has 1 aliphatic rings. The van der Waals surface area contributed by atoms with E-state index in [0.717, 1.165) is 60.1 Å². The minimum absolute atomic E-state index is 0.00902. The van der Waals surface area contributed by atoms with Gasteiger partial charge >= 0.3 is 0 Å². The average molecular weight is 412 g/mol. The number of fused-ring (bicyclic) bond motifs is 1. The molecule has 2 N–H and O–H groups in total. The van der Waals surface area contributed by atoms with Crippen molar-refractivity contribution in [1.29, 1.82) is 0 Å². The van der Waals surface area contributed by atoms with Crippen molar-refractivity contribution in [3.8, 4) is 11.1 Å². The van der Waals surface area contributed by atoms with E-state index in [4.69, 9.17) is 0 Å². The number of carbonyl (C=O) groups excluding carboxylic acids is 1. The zero-order chi connectivity index (χ0) is 21.0. The van der Waals surface area contributed by atoms with Crippen LogP contribution in [-0.2, 0) is 11.3 Å². The first kappa shape index (κ1) is 19.4. The quantitative estimate of drug-likeness (QED) is 0.520. The van der Waals surface area contributed by atoms with E-state index in [1.807, 2.05) is 48.8 Å². The monoisotopic (exact) mass is 412 g/mol. The van der Waals surface area contributed by atoms with Crippen LogP contribution in [-0.4, -0.2) is 44.1 Å². The molecule has 0 saturated carbocycles. The number of amides is 1. The number of anilines is 1. The molecule has 7 heteroatoms. The van der Waals surface area contributed by atoms with Crippen LogP contribution in [0.25, 0.3) is 21.9 Å². The topological polar surface area (TPSA) is 86.8 Å². The van der Waals surface area contributed by atoms with E-state index < -0.39 is 0 Å². The van der Waals surface area contributed by atoms with Gasteiger partial charge in [0.25, 0.3) is 0 Å². The van der Waals surface area contributed by atoms with E-state index in [1.165, 1.54) is 0 Å². The third kappa shape index (κ3) is 4.46. The molecule has 156 valence electrons. The number of aromatic amines is 1. The highest BCUT2D eigenvalue weighted by Gasteiger charge is 2.25. The van der Waals surface area contributed by atoms with Gasteiger partial charge in [0.05, 0.1) is 11.9 Å². The van der Waals surface area contributed by atoms with Gasteiger partial charge in [0.15, 0.2) is 0 Å². The summed E-state index contributed by atoms with van der Waals surface area (Å²) in [6.07, 6.45) is 8.98. The van der Waals surface area contributed by atoms with E-state index in [2.05, 4.69) is 36.4 Å². The summed E-state index contributed by atoms with van der Waals surface area (Å²) in [4.78, 5) is 24.0. The molecule has 1 aliphatic heterocycles. The maximum absolute atomic E-state index is 12.8. The highest BCUT2D eigenvalue weighted by molar-refractivity contribution is 5.95. The van der Waals surface area contributed by atoms with Crippen molar-refractivity contribution in [2.24, 2.45) is 5.92 Å². The fourth-order valence-corrected chi connectivity index (χ4v) is 4.10. The molecule has 4 heterocycles. The Labute approximate surface area is 180 Å². The smallest absolute Gasteiger partial charge is 0.228 e. The SMILES string of the molecule is O=C(Nc1cc2cc(-c3cn[nH]c3)ccc2cn1)C1CCN(Cc2ccccn2)CC1. The average Bonchev–Trinajstić information content (AvgIpc) is 3.35. The molecule has 1 fully saturated rings. The number of H-pyrrole nitrogens is 1. The van der Waals surface area contributed by atoms with Crippen LogP contribution in [0.3, 0.4) is 0 Å². The van der Waals surface area contributed by atoms with Crippen molar-refractivity contribution in [2.75, 3.05) is 18.4 Å². The van der Waals surface area contributed by atoms with Crippen LogP contribution in [0.4, 0.5) is 5.82 Å².